The third-order valence-corrected chi connectivity index (χ3v) is 2.22. The Bertz CT molecular complexity index is 336. The molecule has 0 spiro atoms. The Hall–Kier alpha value is -1.33. The highest BCUT2D eigenvalue weighted by Crippen LogP contribution is 2.10. The Morgan fingerprint density at radius 1 is 1.56 bits per heavy atom. The number of furan rings is 1. The molecule has 0 saturated carbocycles. The second-order valence-electron chi connectivity index (χ2n) is 3.60. The zero-order chi connectivity index (χ0) is 12.0. The molecule has 5 nitrogen and oxygen atoms in total. The fraction of sp³-hybridized carbons (Fsp3) is 0.545. The van der Waals surface area contributed by atoms with Gasteiger partial charge in [-0.15, -0.1) is 0 Å². The van der Waals surface area contributed by atoms with Crippen LogP contribution in [0.5, 0.6) is 0 Å². The van der Waals surface area contributed by atoms with E-state index in [1.807, 2.05) is 14.1 Å². The fourth-order valence-electron chi connectivity index (χ4n) is 1.32. The zero-order valence-electron chi connectivity index (χ0n) is 9.95. The van der Waals surface area contributed by atoms with Crippen LogP contribution in [0.2, 0.25) is 0 Å². The lowest BCUT2D eigenvalue weighted by atomic mass is 10.4. The Balaban J connectivity index is 2.48. The summed E-state index contributed by atoms with van der Waals surface area (Å²) in [5.41, 5.74) is 0. The number of methoxy groups -OCH3 is 1. The van der Waals surface area contributed by atoms with Crippen molar-refractivity contribution in [2.24, 2.45) is 0 Å². The number of rotatable bonds is 6. The monoisotopic (exact) mass is 226 g/mol. The topological polar surface area (TPSA) is 54.7 Å². The second-order valence-corrected chi connectivity index (χ2v) is 3.60. The molecule has 1 aromatic heterocycles. The van der Waals surface area contributed by atoms with Crippen molar-refractivity contribution in [3.8, 4) is 0 Å². The third-order valence-electron chi connectivity index (χ3n) is 2.22. The smallest absolute Gasteiger partial charge is 0.373 e. The highest BCUT2D eigenvalue weighted by atomic mass is 16.5. The maximum atomic E-state index is 11.1. The minimum atomic E-state index is -0.441. The molecule has 5 heteroatoms. The molecule has 0 atom stereocenters. The Kier molecular flexibility index (Phi) is 5.01. The van der Waals surface area contributed by atoms with Crippen molar-refractivity contribution in [2.75, 3.05) is 34.3 Å². The van der Waals surface area contributed by atoms with Gasteiger partial charge < -0.3 is 14.5 Å². The van der Waals surface area contributed by atoms with Crippen LogP contribution in [0.15, 0.2) is 16.5 Å². The molecular weight excluding hydrogens is 208 g/mol. The number of hydrogen-bond acceptors (Lipinski definition) is 5. The summed E-state index contributed by atoms with van der Waals surface area (Å²) < 4.78 is 9.91. The van der Waals surface area contributed by atoms with E-state index in [9.17, 15) is 4.79 Å². The zero-order valence-corrected chi connectivity index (χ0v) is 9.95. The van der Waals surface area contributed by atoms with E-state index in [0.717, 1.165) is 18.8 Å². The summed E-state index contributed by atoms with van der Waals surface area (Å²) in [7, 11) is 5.25. The number of nitrogens with one attached hydrogen (secondary N) is 1. The molecule has 1 heterocycles. The first-order valence-corrected chi connectivity index (χ1v) is 5.17. The minimum absolute atomic E-state index is 0.250. The van der Waals surface area contributed by atoms with Crippen molar-refractivity contribution in [1.82, 2.24) is 10.2 Å². The molecule has 90 valence electrons. The van der Waals surface area contributed by atoms with Crippen molar-refractivity contribution in [2.45, 2.75) is 6.54 Å². The molecule has 0 radical (unpaired) electrons. The molecule has 1 N–H and O–H groups in total. The van der Waals surface area contributed by atoms with Gasteiger partial charge in [0.15, 0.2) is 0 Å². The van der Waals surface area contributed by atoms with E-state index in [2.05, 4.69) is 15.0 Å². The van der Waals surface area contributed by atoms with Gasteiger partial charge in [0.25, 0.3) is 0 Å². The van der Waals surface area contributed by atoms with Crippen molar-refractivity contribution in [3.63, 3.8) is 0 Å². The average Bonchev–Trinajstić information content (AvgIpc) is 2.73. The molecular formula is C11H18N2O3. The number of carbonyl (C=O) groups excluding carboxylic acids is 1. The fourth-order valence-corrected chi connectivity index (χ4v) is 1.32. The van der Waals surface area contributed by atoms with Gasteiger partial charge >= 0.3 is 5.97 Å². The van der Waals surface area contributed by atoms with Gasteiger partial charge in [-0.25, -0.2) is 4.79 Å². The molecule has 0 fully saturated rings. The summed E-state index contributed by atoms with van der Waals surface area (Å²) in [5, 5.41) is 3.07. The molecule has 1 rings (SSSR count). The predicted octanol–water partition coefficient (Wildman–Crippen LogP) is 0.717. The summed E-state index contributed by atoms with van der Waals surface area (Å²) in [6.45, 7) is 2.52. The Labute approximate surface area is 95.4 Å². The van der Waals surface area contributed by atoms with Crippen molar-refractivity contribution in [1.29, 1.82) is 0 Å². The van der Waals surface area contributed by atoms with E-state index in [4.69, 9.17) is 4.42 Å². The summed E-state index contributed by atoms with van der Waals surface area (Å²) in [4.78, 5) is 13.3. The van der Waals surface area contributed by atoms with Gasteiger partial charge in [-0.1, -0.05) is 0 Å². The molecule has 0 aliphatic carbocycles. The van der Waals surface area contributed by atoms with Gasteiger partial charge in [0.05, 0.1) is 13.7 Å². The molecule has 0 bridgehead atoms. The van der Waals surface area contributed by atoms with E-state index in [0.29, 0.717) is 6.54 Å². The molecule has 0 aromatic carbocycles. The highest BCUT2D eigenvalue weighted by molar-refractivity contribution is 5.86. The largest absolute Gasteiger partial charge is 0.463 e. The van der Waals surface area contributed by atoms with E-state index in [1.54, 1.807) is 12.1 Å². The van der Waals surface area contributed by atoms with Crippen LogP contribution in [0.25, 0.3) is 0 Å². The van der Waals surface area contributed by atoms with Crippen LogP contribution in [0.3, 0.4) is 0 Å². The van der Waals surface area contributed by atoms with Crippen LogP contribution < -0.4 is 5.32 Å². The standard InChI is InChI=1S/C11H18N2O3/c1-12-6-7-13(2)8-9-4-5-10(16-9)11(14)15-3/h4-5,12H,6-8H2,1-3H3. The van der Waals surface area contributed by atoms with E-state index >= 15 is 0 Å². The summed E-state index contributed by atoms with van der Waals surface area (Å²) in [5.74, 6) is 0.572. The summed E-state index contributed by atoms with van der Waals surface area (Å²) in [6.07, 6.45) is 0. The van der Waals surface area contributed by atoms with Gasteiger partial charge in [0.1, 0.15) is 5.76 Å². The number of likely N-dealkylation sites (N-methyl/N-ethyl adjacent to an activating group) is 2. The van der Waals surface area contributed by atoms with Gasteiger partial charge in [-0.3, -0.25) is 4.90 Å². The lowest BCUT2D eigenvalue weighted by molar-refractivity contribution is 0.0561. The third kappa shape index (κ3) is 3.67. The Morgan fingerprint density at radius 3 is 2.94 bits per heavy atom. The van der Waals surface area contributed by atoms with Crippen LogP contribution in [0.4, 0.5) is 0 Å². The maximum absolute atomic E-state index is 11.1. The Morgan fingerprint density at radius 2 is 2.31 bits per heavy atom. The molecule has 1 aromatic rings. The predicted molar refractivity (Wildman–Crippen MR) is 60.3 cm³/mol. The molecule has 0 aliphatic heterocycles. The lowest BCUT2D eigenvalue weighted by Crippen LogP contribution is -2.26. The van der Waals surface area contributed by atoms with E-state index in [-0.39, 0.29) is 5.76 Å². The normalized spacial score (nSPS) is 10.8. The molecule has 0 unspecified atom stereocenters. The molecule has 0 aliphatic rings. The second kappa shape index (κ2) is 6.30. The van der Waals surface area contributed by atoms with Gasteiger partial charge in [0, 0.05) is 13.1 Å². The molecule has 0 saturated heterocycles. The van der Waals surface area contributed by atoms with E-state index < -0.39 is 5.97 Å². The molecule has 16 heavy (non-hydrogen) atoms. The van der Waals surface area contributed by atoms with Crippen LogP contribution >= 0.6 is 0 Å². The lowest BCUT2D eigenvalue weighted by Gasteiger charge is -2.14. The summed E-state index contributed by atoms with van der Waals surface area (Å²) in [6, 6.07) is 3.43. The quantitative estimate of drug-likeness (QED) is 0.724. The first-order valence-electron chi connectivity index (χ1n) is 5.17. The van der Waals surface area contributed by atoms with Crippen LogP contribution in [0, 0.1) is 0 Å². The van der Waals surface area contributed by atoms with Crippen LogP contribution in [-0.2, 0) is 11.3 Å². The van der Waals surface area contributed by atoms with Crippen molar-refractivity contribution < 1.29 is 13.9 Å². The first kappa shape index (κ1) is 12.7. The van der Waals surface area contributed by atoms with Gasteiger partial charge in [-0.05, 0) is 26.2 Å². The number of esters is 1. The van der Waals surface area contributed by atoms with Gasteiger partial charge in [-0.2, -0.15) is 0 Å². The average molecular weight is 226 g/mol. The highest BCUT2D eigenvalue weighted by Gasteiger charge is 2.11. The van der Waals surface area contributed by atoms with Gasteiger partial charge in [0.2, 0.25) is 5.76 Å². The first-order chi connectivity index (χ1) is 7.67. The maximum Gasteiger partial charge on any atom is 0.373 e. The number of hydrogen-bond donors (Lipinski definition) is 1. The summed E-state index contributed by atoms with van der Waals surface area (Å²) >= 11 is 0. The van der Waals surface area contributed by atoms with Crippen LogP contribution in [0.1, 0.15) is 16.3 Å². The van der Waals surface area contributed by atoms with Crippen LogP contribution in [-0.4, -0.2) is 45.2 Å². The number of ether oxygens (including phenoxy) is 1. The van der Waals surface area contributed by atoms with Crippen molar-refractivity contribution >= 4 is 5.97 Å². The minimum Gasteiger partial charge on any atom is -0.463 e. The van der Waals surface area contributed by atoms with Crippen molar-refractivity contribution in [3.05, 3.63) is 23.7 Å². The number of carbonyl (C=O) groups is 1. The molecule has 0 amide bonds. The van der Waals surface area contributed by atoms with E-state index in [1.165, 1.54) is 7.11 Å². The SMILES string of the molecule is CNCCN(C)Cc1ccc(C(=O)OC)o1. The number of nitrogens with zero attached hydrogens (tertiary/aromatic N) is 1.